The third-order valence-corrected chi connectivity index (χ3v) is 3.97. The normalized spacial score (nSPS) is 21.2. The molecule has 126 valence electrons. The Bertz CT molecular complexity index is 548. The van der Waals surface area contributed by atoms with Gasteiger partial charge in [0.2, 0.25) is 0 Å². The van der Waals surface area contributed by atoms with Crippen LogP contribution in [0, 0.1) is 0 Å². The van der Waals surface area contributed by atoms with E-state index in [1.165, 1.54) is 0 Å². The van der Waals surface area contributed by atoms with Crippen molar-refractivity contribution in [3.63, 3.8) is 0 Å². The summed E-state index contributed by atoms with van der Waals surface area (Å²) in [5.41, 5.74) is 1.02. The highest BCUT2D eigenvalue weighted by Gasteiger charge is 2.21. The molecular weight excluding hydrogens is 294 g/mol. The Hall–Kier alpha value is -2.01. The van der Waals surface area contributed by atoms with E-state index in [4.69, 9.17) is 9.47 Å². The molecule has 5 heteroatoms. The summed E-state index contributed by atoms with van der Waals surface area (Å²) in [6, 6.07) is 5.72. The van der Waals surface area contributed by atoms with Gasteiger partial charge in [-0.15, -0.1) is 0 Å². The van der Waals surface area contributed by atoms with E-state index < -0.39 is 0 Å². The minimum atomic E-state index is -0.223. The zero-order chi connectivity index (χ0) is 16.7. The molecule has 1 fully saturated rings. The molecule has 0 atom stereocenters. The average molecular weight is 319 g/mol. The smallest absolute Gasteiger partial charge is 0.258 e. The topological polar surface area (TPSA) is 67.8 Å². The number of nitrogens with one attached hydrogen (secondary N) is 1. The number of aliphatic hydroxyl groups is 1. The van der Waals surface area contributed by atoms with E-state index in [2.05, 4.69) is 5.32 Å². The zero-order valence-corrected chi connectivity index (χ0v) is 13.7. The van der Waals surface area contributed by atoms with E-state index in [0.29, 0.717) is 11.5 Å². The number of methoxy groups -OCH3 is 1. The standard InChI is InChI=1S/C18H25NO4/c1-3-4-13-5-10-16(17(11-13)22-2)23-12-18(21)19-14-6-8-15(20)9-7-14/h3-5,10-11,14-15,20H,6-9,12H2,1-2H3,(H,19,21)/b4-3+. The van der Waals surface area contributed by atoms with Crippen molar-refractivity contribution in [1.29, 1.82) is 0 Å². The molecule has 0 radical (unpaired) electrons. The molecule has 0 aromatic heterocycles. The number of ether oxygens (including phenoxy) is 2. The first-order chi connectivity index (χ1) is 11.1. The Kier molecular flexibility index (Phi) is 6.47. The van der Waals surface area contributed by atoms with Crippen molar-refractivity contribution < 1.29 is 19.4 Å². The number of rotatable bonds is 6. The lowest BCUT2D eigenvalue weighted by Gasteiger charge is -2.26. The van der Waals surface area contributed by atoms with Gasteiger partial charge in [0.25, 0.3) is 5.91 Å². The van der Waals surface area contributed by atoms with Crippen LogP contribution in [-0.4, -0.2) is 36.9 Å². The van der Waals surface area contributed by atoms with Gasteiger partial charge in [-0.3, -0.25) is 4.79 Å². The quantitative estimate of drug-likeness (QED) is 0.845. The lowest BCUT2D eigenvalue weighted by atomic mass is 9.93. The van der Waals surface area contributed by atoms with E-state index in [-0.39, 0.29) is 24.7 Å². The second-order valence-corrected chi connectivity index (χ2v) is 5.77. The third kappa shape index (κ3) is 5.28. The van der Waals surface area contributed by atoms with Crippen LogP contribution >= 0.6 is 0 Å². The van der Waals surface area contributed by atoms with Crippen LogP contribution in [0.3, 0.4) is 0 Å². The Morgan fingerprint density at radius 1 is 1.30 bits per heavy atom. The first-order valence-corrected chi connectivity index (χ1v) is 8.03. The van der Waals surface area contributed by atoms with Gasteiger partial charge in [-0.25, -0.2) is 0 Å². The molecule has 2 rings (SSSR count). The second kappa shape index (κ2) is 8.58. The first kappa shape index (κ1) is 17.3. The minimum absolute atomic E-state index is 0.0433. The molecule has 1 aromatic carbocycles. The molecule has 0 aliphatic heterocycles. The summed E-state index contributed by atoms with van der Waals surface area (Å²) in [6.45, 7) is 1.91. The molecule has 5 nitrogen and oxygen atoms in total. The number of hydrogen-bond acceptors (Lipinski definition) is 4. The highest BCUT2D eigenvalue weighted by molar-refractivity contribution is 5.78. The maximum Gasteiger partial charge on any atom is 0.258 e. The Labute approximate surface area is 137 Å². The van der Waals surface area contributed by atoms with Gasteiger partial charge in [0.1, 0.15) is 0 Å². The molecule has 0 bridgehead atoms. The Morgan fingerprint density at radius 2 is 2.04 bits per heavy atom. The Morgan fingerprint density at radius 3 is 2.70 bits per heavy atom. The van der Waals surface area contributed by atoms with Crippen LogP contribution in [0.4, 0.5) is 0 Å². The molecule has 0 spiro atoms. The fraction of sp³-hybridized carbons (Fsp3) is 0.500. The molecule has 23 heavy (non-hydrogen) atoms. The van der Waals surface area contributed by atoms with Crippen LogP contribution in [0.5, 0.6) is 11.5 Å². The summed E-state index contributed by atoms with van der Waals surface area (Å²) in [4.78, 5) is 12.0. The first-order valence-electron chi connectivity index (χ1n) is 8.03. The third-order valence-electron chi connectivity index (χ3n) is 3.97. The van der Waals surface area contributed by atoms with E-state index in [1.54, 1.807) is 13.2 Å². The molecule has 0 saturated heterocycles. The maximum atomic E-state index is 12.0. The van der Waals surface area contributed by atoms with Crippen molar-refractivity contribution >= 4 is 12.0 Å². The highest BCUT2D eigenvalue weighted by atomic mass is 16.5. The molecule has 0 heterocycles. The van der Waals surface area contributed by atoms with Crippen LogP contribution in [0.25, 0.3) is 6.08 Å². The van der Waals surface area contributed by atoms with Crippen molar-refractivity contribution in [2.24, 2.45) is 0 Å². The van der Waals surface area contributed by atoms with Crippen molar-refractivity contribution in [2.45, 2.75) is 44.8 Å². The molecule has 0 unspecified atom stereocenters. The summed E-state index contributed by atoms with van der Waals surface area (Å²) in [6.07, 6.45) is 6.81. The number of aliphatic hydroxyl groups excluding tert-OH is 1. The predicted molar refractivity (Wildman–Crippen MR) is 89.6 cm³/mol. The highest BCUT2D eigenvalue weighted by Crippen LogP contribution is 2.28. The van der Waals surface area contributed by atoms with E-state index in [1.807, 2.05) is 31.2 Å². The Balaban J connectivity index is 1.86. The summed E-state index contributed by atoms with van der Waals surface area (Å²) in [5.74, 6) is 1.01. The average Bonchev–Trinajstić information content (AvgIpc) is 2.56. The number of hydrogen-bond donors (Lipinski definition) is 2. The molecule has 1 amide bonds. The van der Waals surface area contributed by atoms with Crippen molar-refractivity contribution in [2.75, 3.05) is 13.7 Å². The summed E-state index contributed by atoms with van der Waals surface area (Å²) < 4.78 is 10.9. The molecular formula is C18H25NO4. The van der Waals surface area contributed by atoms with E-state index in [0.717, 1.165) is 31.2 Å². The van der Waals surface area contributed by atoms with Crippen molar-refractivity contribution in [3.05, 3.63) is 29.8 Å². The largest absolute Gasteiger partial charge is 0.493 e. The zero-order valence-electron chi connectivity index (χ0n) is 13.7. The van der Waals surface area contributed by atoms with Gasteiger partial charge in [-0.1, -0.05) is 18.2 Å². The van der Waals surface area contributed by atoms with Gasteiger partial charge in [-0.05, 0) is 50.3 Å². The second-order valence-electron chi connectivity index (χ2n) is 5.77. The number of carbonyl (C=O) groups excluding carboxylic acids is 1. The molecule has 1 aromatic rings. The SMILES string of the molecule is C/C=C/c1ccc(OCC(=O)NC2CCC(O)CC2)c(OC)c1. The minimum Gasteiger partial charge on any atom is -0.493 e. The number of carbonyl (C=O) groups is 1. The molecule has 1 aliphatic carbocycles. The van der Waals surface area contributed by atoms with Crippen LogP contribution < -0.4 is 14.8 Å². The van der Waals surface area contributed by atoms with Crippen LogP contribution in [0.1, 0.15) is 38.2 Å². The summed E-state index contributed by atoms with van der Waals surface area (Å²) >= 11 is 0. The fourth-order valence-electron chi connectivity index (χ4n) is 2.73. The predicted octanol–water partition coefficient (Wildman–Crippen LogP) is 2.53. The van der Waals surface area contributed by atoms with Gasteiger partial charge in [0.05, 0.1) is 13.2 Å². The van der Waals surface area contributed by atoms with Gasteiger partial charge in [0.15, 0.2) is 18.1 Å². The van der Waals surface area contributed by atoms with Gasteiger partial charge < -0.3 is 19.9 Å². The number of amides is 1. The van der Waals surface area contributed by atoms with Gasteiger partial charge in [-0.2, -0.15) is 0 Å². The molecule has 2 N–H and O–H groups in total. The van der Waals surface area contributed by atoms with Crippen LogP contribution in [0.2, 0.25) is 0 Å². The van der Waals surface area contributed by atoms with Crippen LogP contribution in [-0.2, 0) is 4.79 Å². The van der Waals surface area contributed by atoms with Crippen molar-refractivity contribution in [3.8, 4) is 11.5 Å². The van der Waals surface area contributed by atoms with E-state index >= 15 is 0 Å². The fourth-order valence-corrected chi connectivity index (χ4v) is 2.73. The molecule has 1 aliphatic rings. The van der Waals surface area contributed by atoms with Gasteiger partial charge >= 0.3 is 0 Å². The lowest BCUT2D eigenvalue weighted by Crippen LogP contribution is -2.40. The number of benzene rings is 1. The summed E-state index contributed by atoms with van der Waals surface area (Å²) in [7, 11) is 1.58. The van der Waals surface area contributed by atoms with E-state index in [9.17, 15) is 9.90 Å². The summed E-state index contributed by atoms with van der Waals surface area (Å²) in [5, 5.41) is 12.4. The van der Waals surface area contributed by atoms with Gasteiger partial charge in [0, 0.05) is 6.04 Å². The number of allylic oxidation sites excluding steroid dienone is 1. The molecule has 1 saturated carbocycles. The lowest BCUT2D eigenvalue weighted by molar-refractivity contribution is -0.124. The monoisotopic (exact) mass is 319 g/mol. The van der Waals surface area contributed by atoms with Crippen molar-refractivity contribution in [1.82, 2.24) is 5.32 Å². The van der Waals surface area contributed by atoms with Crippen LogP contribution in [0.15, 0.2) is 24.3 Å². The maximum absolute atomic E-state index is 12.0.